The van der Waals surface area contributed by atoms with Crippen LogP contribution in [0, 0.1) is 0 Å². The van der Waals surface area contributed by atoms with Gasteiger partial charge in [-0.15, -0.1) is 46.4 Å². The molecule has 0 saturated heterocycles. The summed E-state index contributed by atoms with van der Waals surface area (Å²) >= 11 is 22.3. The van der Waals surface area contributed by atoms with Crippen LogP contribution in [0.4, 0.5) is 0 Å². The Labute approximate surface area is 90.7 Å². The van der Waals surface area contributed by atoms with Crippen molar-refractivity contribution in [2.75, 3.05) is 0 Å². The van der Waals surface area contributed by atoms with Crippen molar-refractivity contribution < 1.29 is 9.90 Å². The number of carbonyl (C=O) groups is 1. The van der Waals surface area contributed by atoms with Gasteiger partial charge in [0.25, 0.3) is 0 Å². The van der Waals surface area contributed by atoms with Crippen molar-refractivity contribution in [1.82, 2.24) is 0 Å². The van der Waals surface area contributed by atoms with Crippen molar-refractivity contribution in [1.29, 1.82) is 0 Å². The molecule has 0 spiro atoms. The standard InChI is InChI=1S/C6H8Cl4O2/c7-4(8)3-6(9,10)2-1-5(11)12/h4H,1-3H2,(H,11,12). The molecule has 0 amide bonds. The fraction of sp³-hybridized carbons (Fsp3) is 0.833. The van der Waals surface area contributed by atoms with E-state index in [4.69, 9.17) is 51.5 Å². The summed E-state index contributed by atoms with van der Waals surface area (Å²) in [5, 5.41) is 8.33. The Kier molecular flexibility index (Phi) is 5.66. The Balaban J connectivity index is 3.78. The summed E-state index contributed by atoms with van der Waals surface area (Å²) in [6.07, 6.45) is 0.210. The summed E-state index contributed by atoms with van der Waals surface area (Å²) < 4.78 is -1.15. The van der Waals surface area contributed by atoms with Gasteiger partial charge in [0.05, 0.1) is 0 Å². The van der Waals surface area contributed by atoms with Crippen molar-refractivity contribution in [2.45, 2.75) is 28.4 Å². The van der Waals surface area contributed by atoms with Crippen LogP contribution >= 0.6 is 46.4 Å². The minimum absolute atomic E-state index is 0.0898. The lowest BCUT2D eigenvalue weighted by molar-refractivity contribution is -0.137. The minimum atomic E-state index is -1.15. The Bertz CT molecular complexity index is 158. The molecule has 0 heterocycles. The highest BCUT2D eigenvalue weighted by molar-refractivity contribution is 6.50. The zero-order chi connectivity index (χ0) is 9.78. The number of hydrogen-bond acceptors (Lipinski definition) is 1. The number of halogens is 4. The number of rotatable bonds is 5. The molecule has 0 rings (SSSR count). The minimum Gasteiger partial charge on any atom is -0.481 e. The van der Waals surface area contributed by atoms with Gasteiger partial charge in [0.1, 0.15) is 9.17 Å². The van der Waals surface area contributed by atoms with Gasteiger partial charge in [0, 0.05) is 12.8 Å². The molecule has 0 aliphatic rings. The first-order valence-corrected chi connectivity index (χ1v) is 4.84. The predicted octanol–water partition coefficient (Wildman–Crippen LogP) is 3.22. The molecular formula is C6H8Cl4O2. The average Bonchev–Trinajstić information content (AvgIpc) is 1.81. The largest absolute Gasteiger partial charge is 0.481 e. The Morgan fingerprint density at radius 3 is 2.25 bits per heavy atom. The van der Waals surface area contributed by atoms with Crippen LogP contribution < -0.4 is 0 Å². The first kappa shape index (κ1) is 12.6. The first-order valence-electron chi connectivity index (χ1n) is 3.21. The van der Waals surface area contributed by atoms with Crippen molar-refractivity contribution in [3.63, 3.8) is 0 Å². The Morgan fingerprint density at radius 2 is 1.92 bits per heavy atom. The van der Waals surface area contributed by atoms with Gasteiger partial charge in [0.15, 0.2) is 0 Å². The van der Waals surface area contributed by atoms with E-state index in [0.29, 0.717) is 0 Å². The van der Waals surface area contributed by atoms with E-state index in [-0.39, 0.29) is 19.3 Å². The van der Waals surface area contributed by atoms with E-state index in [0.717, 1.165) is 0 Å². The Hall–Kier alpha value is 0.630. The molecule has 1 N–H and O–H groups in total. The van der Waals surface area contributed by atoms with E-state index in [1.54, 1.807) is 0 Å². The molecule has 0 aromatic rings. The van der Waals surface area contributed by atoms with E-state index in [2.05, 4.69) is 0 Å². The molecular weight excluding hydrogens is 246 g/mol. The van der Waals surface area contributed by atoms with Crippen LogP contribution in [0.15, 0.2) is 0 Å². The molecule has 2 nitrogen and oxygen atoms in total. The highest BCUT2D eigenvalue weighted by Gasteiger charge is 2.27. The van der Waals surface area contributed by atoms with Crippen LogP contribution in [0.3, 0.4) is 0 Å². The molecule has 0 aliphatic carbocycles. The number of carboxylic acid groups (broad SMARTS) is 1. The molecule has 0 aromatic heterocycles. The van der Waals surface area contributed by atoms with Crippen molar-refractivity contribution in [3.05, 3.63) is 0 Å². The van der Waals surface area contributed by atoms with Gasteiger partial charge in [-0.25, -0.2) is 0 Å². The summed E-state index contributed by atoms with van der Waals surface area (Å²) in [5.41, 5.74) is 0. The van der Waals surface area contributed by atoms with Crippen molar-refractivity contribution in [3.8, 4) is 0 Å². The molecule has 0 bridgehead atoms. The Morgan fingerprint density at radius 1 is 1.42 bits per heavy atom. The number of alkyl halides is 4. The smallest absolute Gasteiger partial charge is 0.303 e. The third-order valence-electron chi connectivity index (χ3n) is 1.16. The van der Waals surface area contributed by atoms with E-state index in [9.17, 15) is 4.79 Å². The molecule has 12 heavy (non-hydrogen) atoms. The summed E-state index contributed by atoms with van der Waals surface area (Å²) in [5.74, 6) is -0.943. The number of aliphatic carboxylic acids is 1. The van der Waals surface area contributed by atoms with Crippen LogP contribution in [0.2, 0.25) is 0 Å². The van der Waals surface area contributed by atoms with Gasteiger partial charge in [-0.3, -0.25) is 4.79 Å². The maximum Gasteiger partial charge on any atom is 0.303 e. The second-order valence-corrected chi connectivity index (χ2v) is 5.26. The first-order chi connectivity index (χ1) is 5.33. The summed E-state index contributed by atoms with van der Waals surface area (Å²) in [7, 11) is 0. The third kappa shape index (κ3) is 7.29. The van der Waals surface area contributed by atoms with Gasteiger partial charge < -0.3 is 5.11 Å². The summed E-state index contributed by atoms with van der Waals surface area (Å²) in [6, 6.07) is 0. The van der Waals surface area contributed by atoms with Crippen LogP contribution in [-0.2, 0) is 4.79 Å². The lowest BCUT2D eigenvalue weighted by Crippen LogP contribution is -2.17. The SMILES string of the molecule is O=C(O)CCC(Cl)(Cl)CC(Cl)Cl. The number of carboxylic acids is 1. The van der Waals surface area contributed by atoms with Crippen molar-refractivity contribution >= 4 is 52.4 Å². The van der Waals surface area contributed by atoms with Crippen LogP contribution in [-0.4, -0.2) is 20.2 Å². The van der Waals surface area contributed by atoms with Gasteiger partial charge >= 0.3 is 5.97 Å². The molecule has 0 unspecified atom stereocenters. The fourth-order valence-electron chi connectivity index (χ4n) is 0.618. The molecule has 0 aliphatic heterocycles. The lowest BCUT2D eigenvalue weighted by atomic mass is 10.2. The molecule has 72 valence electrons. The van der Waals surface area contributed by atoms with E-state index < -0.39 is 15.1 Å². The molecule has 0 saturated carbocycles. The third-order valence-corrected chi connectivity index (χ3v) is 2.15. The van der Waals surface area contributed by atoms with Crippen LogP contribution in [0.5, 0.6) is 0 Å². The zero-order valence-electron chi connectivity index (χ0n) is 6.07. The predicted molar refractivity (Wildman–Crippen MR) is 51.4 cm³/mol. The average molecular weight is 254 g/mol. The van der Waals surface area contributed by atoms with Gasteiger partial charge in [-0.2, -0.15) is 0 Å². The summed E-state index contributed by atoms with van der Waals surface area (Å²) in [4.78, 5) is 9.48. The maximum atomic E-state index is 10.1. The molecule has 0 radical (unpaired) electrons. The summed E-state index contributed by atoms with van der Waals surface area (Å²) in [6.45, 7) is 0. The molecule has 6 heteroatoms. The van der Waals surface area contributed by atoms with Gasteiger partial charge in [-0.1, -0.05) is 0 Å². The maximum absolute atomic E-state index is 10.1. The van der Waals surface area contributed by atoms with E-state index in [1.165, 1.54) is 0 Å². The highest BCUT2D eigenvalue weighted by atomic mass is 35.5. The second kappa shape index (κ2) is 5.38. The topological polar surface area (TPSA) is 37.3 Å². The zero-order valence-corrected chi connectivity index (χ0v) is 9.09. The molecule has 0 atom stereocenters. The van der Waals surface area contributed by atoms with Gasteiger partial charge in [0.2, 0.25) is 0 Å². The highest BCUT2D eigenvalue weighted by Crippen LogP contribution is 2.34. The van der Waals surface area contributed by atoms with E-state index >= 15 is 0 Å². The van der Waals surface area contributed by atoms with Crippen LogP contribution in [0.1, 0.15) is 19.3 Å². The van der Waals surface area contributed by atoms with E-state index in [1.807, 2.05) is 0 Å². The monoisotopic (exact) mass is 252 g/mol. The second-order valence-electron chi connectivity index (χ2n) is 2.34. The van der Waals surface area contributed by atoms with Gasteiger partial charge in [-0.05, 0) is 6.42 Å². The molecule has 0 fully saturated rings. The fourth-order valence-corrected chi connectivity index (χ4v) is 1.96. The van der Waals surface area contributed by atoms with Crippen molar-refractivity contribution in [2.24, 2.45) is 0 Å². The van der Waals surface area contributed by atoms with Crippen LogP contribution in [0.25, 0.3) is 0 Å². The normalized spacial score (nSPS) is 12.1. The molecule has 0 aromatic carbocycles. The quantitative estimate of drug-likeness (QED) is 0.764. The lowest BCUT2D eigenvalue weighted by Gasteiger charge is -2.18. The number of hydrogen-bond donors (Lipinski definition) is 1.